The summed E-state index contributed by atoms with van der Waals surface area (Å²) in [6.07, 6.45) is 4.38. The molecule has 142 valence electrons. The Morgan fingerprint density at radius 2 is 2.35 bits per heavy atom. The molecule has 0 aliphatic carbocycles. The maximum Gasteiger partial charge on any atom is 0.288 e. The molecular formula is C17H25N5O3S. The maximum absolute atomic E-state index is 12.6. The molecule has 8 nitrogen and oxygen atoms in total. The molecule has 2 aromatic rings. The number of amides is 1. The Hall–Kier alpha value is -2.00. The number of carbonyl (C=O) groups is 1. The predicted molar refractivity (Wildman–Crippen MR) is 101 cm³/mol. The molecule has 2 aromatic heterocycles. The van der Waals surface area contributed by atoms with Crippen molar-refractivity contribution in [2.75, 3.05) is 37.7 Å². The molecule has 0 unspecified atom stereocenters. The van der Waals surface area contributed by atoms with E-state index < -0.39 is 11.5 Å². The minimum absolute atomic E-state index is 0.0165. The van der Waals surface area contributed by atoms with Gasteiger partial charge in [0.2, 0.25) is 10.1 Å². The summed E-state index contributed by atoms with van der Waals surface area (Å²) in [7, 11) is 0. The number of rotatable bonds is 7. The zero-order valence-electron chi connectivity index (χ0n) is 15.2. The highest BCUT2D eigenvalue weighted by molar-refractivity contribution is 7.20. The topological polar surface area (TPSA) is 88.8 Å². The first-order valence-corrected chi connectivity index (χ1v) is 9.91. The van der Waals surface area contributed by atoms with Gasteiger partial charge in [0.15, 0.2) is 0 Å². The summed E-state index contributed by atoms with van der Waals surface area (Å²) in [5.41, 5.74) is -0.410. The Balaban J connectivity index is 1.73. The Bertz CT molecular complexity index is 818. The van der Waals surface area contributed by atoms with Crippen molar-refractivity contribution in [3.63, 3.8) is 0 Å². The van der Waals surface area contributed by atoms with Gasteiger partial charge in [-0.2, -0.15) is 4.52 Å². The Kier molecular flexibility index (Phi) is 6.20. The molecule has 0 spiro atoms. The fourth-order valence-electron chi connectivity index (χ4n) is 3.04. The van der Waals surface area contributed by atoms with Crippen molar-refractivity contribution in [3.8, 4) is 0 Å². The zero-order valence-corrected chi connectivity index (χ0v) is 16.0. The molecule has 1 saturated heterocycles. The van der Waals surface area contributed by atoms with Gasteiger partial charge in [0, 0.05) is 39.0 Å². The molecule has 1 aliphatic rings. The molecule has 1 atom stereocenters. The van der Waals surface area contributed by atoms with Gasteiger partial charge in [0.25, 0.3) is 11.5 Å². The summed E-state index contributed by atoms with van der Waals surface area (Å²) in [4.78, 5) is 31.8. The van der Waals surface area contributed by atoms with Gasteiger partial charge in [-0.25, -0.2) is 4.98 Å². The molecule has 3 rings (SSSR count). The number of carbonyl (C=O) groups excluding carboxylic acids is 1. The number of ether oxygens (including phenoxy) is 1. The van der Waals surface area contributed by atoms with Crippen molar-refractivity contribution >= 4 is 27.3 Å². The first kappa shape index (κ1) is 18.8. The van der Waals surface area contributed by atoms with E-state index in [0.717, 1.165) is 24.6 Å². The first-order chi connectivity index (χ1) is 12.6. The average Bonchev–Trinajstić information content (AvgIpc) is 3.07. The van der Waals surface area contributed by atoms with Crippen molar-refractivity contribution in [3.05, 3.63) is 22.1 Å². The largest absolute Gasteiger partial charge is 0.382 e. The number of hydrogen-bond donors (Lipinski definition) is 1. The third-order valence-electron chi connectivity index (χ3n) is 4.40. The summed E-state index contributed by atoms with van der Waals surface area (Å²) >= 11 is 1.39. The minimum Gasteiger partial charge on any atom is -0.382 e. The lowest BCUT2D eigenvalue weighted by Crippen LogP contribution is -2.35. The number of aromatic nitrogens is 3. The normalized spacial score (nSPS) is 17.6. The lowest BCUT2D eigenvalue weighted by molar-refractivity contribution is 0.0942. The molecule has 1 amide bonds. The van der Waals surface area contributed by atoms with Gasteiger partial charge < -0.3 is 15.0 Å². The fourth-order valence-corrected chi connectivity index (χ4v) is 3.93. The highest BCUT2D eigenvalue weighted by atomic mass is 32.1. The van der Waals surface area contributed by atoms with Gasteiger partial charge in [-0.15, -0.1) is 5.10 Å². The van der Waals surface area contributed by atoms with E-state index in [1.807, 2.05) is 6.92 Å². The average molecular weight is 379 g/mol. The van der Waals surface area contributed by atoms with Crippen LogP contribution in [0.3, 0.4) is 0 Å². The van der Waals surface area contributed by atoms with Crippen LogP contribution in [0, 0.1) is 5.92 Å². The quantitative estimate of drug-likeness (QED) is 0.734. The maximum atomic E-state index is 12.6. The number of nitrogens with zero attached hydrogens (tertiary/aromatic N) is 4. The third kappa shape index (κ3) is 4.21. The molecule has 9 heteroatoms. The van der Waals surface area contributed by atoms with E-state index in [1.165, 1.54) is 28.5 Å². The van der Waals surface area contributed by atoms with E-state index in [4.69, 9.17) is 4.74 Å². The Morgan fingerprint density at radius 3 is 3.12 bits per heavy atom. The zero-order chi connectivity index (χ0) is 18.5. The van der Waals surface area contributed by atoms with Gasteiger partial charge in [0.1, 0.15) is 5.56 Å². The van der Waals surface area contributed by atoms with Crippen molar-refractivity contribution in [1.29, 1.82) is 0 Å². The standard InChI is InChI=1S/C17H25N5O3S/c1-3-25-9-5-7-18-14(23)13-10-19-16-22(15(13)24)20-17(26-16)21-8-4-6-12(2)11-21/h10,12H,3-9,11H2,1-2H3,(H,18,23)/t12-/m1/s1. The third-order valence-corrected chi connectivity index (χ3v) is 5.39. The molecule has 0 saturated carbocycles. The number of nitrogens with one attached hydrogen (secondary N) is 1. The van der Waals surface area contributed by atoms with Crippen molar-refractivity contribution in [2.45, 2.75) is 33.1 Å². The van der Waals surface area contributed by atoms with Crippen molar-refractivity contribution in [1.82, 2.24) is 19.9 Å². The molecule has 0 aromatic carbocycles. The van der Waals surface area contributed by atoms with Crippen LogP contribution in [0.25, 0.3) is 4.96 Å². The lowest BCUT2D eigenvalue weighted by Gasteiger charge is -2.30. The summed E-state index contributed by atoms with van der Waals surface area (Å²) < 4.78 is 6.47. The van der Waals surface area contributed by atoms with Crippen LogP contribution in [-0.2, 0) is 4.74 Å². The van der Waals surface area contributed by atoms with Gasteiger partial charge in [-0.05, 0) is 32.1 Å². The molecule has 1 aliphatic heterocycles. The van der Waals surface area contributed by atoms with Crippen LogP contribution >= 0.6 is 11.3 Å². The Morgan fingerprint density at radius 1 is 1.50 bits per heavy atom. The van der Waals surface area contributed by atoms with Crippen LogP contribution in [-0.4, -0.2) is 53.4 Å². The molecule has 3 heterocycles. The van der Waals surface area contributed by atoms with Crippen LogP contribution in [0.15, 0.2) is 11.0 Å². The number of anilines is 1. The summed E-state index contributed by atoms with van der Waals surface area (Å²) in [6, 6.07) is 0. The summed E-state index contributed by atoms with van der Waals surface area (Å²) in [5.74, 6) is 0.188. The monoisotopic (exact) mass is 379 g/mol. The fraction of sp³-hybridized carbons (Fsp3) is 0.647. The van der Waals surface area contributed by atoms with Gasteiger partial charge in [-0.3, -0.25) is 9.59 Å². The second kappa shape index (κ2) is 8.59. The first-order valence-electron chi connectivity index (χ1n) is 9.10. The second-order valence-electron chi connectivity index (χ2n) is 6.56. The van der Waals surface area contributed by atoms with Gasteiger partial charge >= 0.3 is 0 Å². The van der Waals surface area contributed by atoms with E-state index >= 15 is 0 Å². The molecule has 0 radical (unpaired) electrons. The molecule has 1 fully saturated rings. The Labute approximate surface area is 156 Å². The molecular weight excluding hydrogens is 354 g/mol. The van der Waals surface area contributed by atoms with Crippen LogP contribution < -0.4 is 15.8 Å². The van der Waals surface area contributed by atoms with E-state index in [0.29, 0.717) is 37.1 Å². The minimum atomic E-state index is -0.426. The van der Waals surface area contributed by atoms with Crippen molar-refractivity contribution in [2.24, 2.45) is 5.92 Å². The summed E-state index contributed by atoms with van der Waals surface area (Å²) in [5, 5.41) is 7.94. The van der Waals surface area contributed by atoms with E-state index in [9.17, 15) is 9.59 Å². The highest BCUT2D eigenvalue weighted by Crippen LogP contribution is 2.26. The second-order valence-corrected chi connectivity index (χ2v) is 7.49. The van der Waals surface area contributed by atoms with Gasteiger partial charge in [-0.1, -0.05) is 18.3 Å². The number of piperidine rings is 1. The molecule has 0 bridgehead atoms. The number of hydrogen-bond acceptors (Lipinski definition) is 7. The van der Waals surface area contributed by atoms with Gasteiger partial charge in [0.05, 0.1) is 0 Å². The van der Waals surface area contributed by atoms with Crippen LogP contribution in [0.4, 0.5) is 5.13 Å². The highest BCUT2D eigenvalue weighted by Gasteiger charge is 2.22. The van der Waals surface area contributed by atoms with E-state index in [-0.39, 0.29) is 5.56 Å². The number of fused-ring (bicyclic) bond motifs is 1. The smallest absolute Gasteiger partial charge is 0.288 e. The predicted octanol–water partition coefficient (Wildman–Crippen LogP) is 1.54. The SMILES string of the molecule is CCOCCCNC(=O)c1cnc2sc(N3CCC[C@@H](C)C3)nn2c1=O. The van der Waals surface area contributed by atoms with Crippen LogP contribution in [0.5, 0.6) is 0 Å². The van der Waals surface area contributed by atoms with Crippen LogP contribution in [0.1, 0.15) is 43.5 Å². The molecule has 1 N–H and O–H groups in total. The summed E-state index contributed by atoms with van der Waals surface area (Å²) in [6.45, 7) is 7.70. The molecule has 26 heavy (non-hydrogen) atoms. The van der Waals surface area contributed by atoms with Crippen molar-refractivity contribution < 1.29 is 9.53 Å². The van der Waals surface area contributed by atoms with Crippen LogP contribution in [0.2, 0.25) is 0 Å². The lowest BCUT2D eigenvalue weighted by atomic mass is 10.0. The van der Waals surface area contributed by atoms with E-state index in [1.54, 1.807) is 0 Å². The van der Waals surface area contributed by atoms with E-state index in [2.05, 4.69) is 27.2 Å².